The molecule has 27 heavy (non-hydrogen) atoms. The minimum absolute atomic E-state index is 0.149. The van der Waals surface area contributed by atoms with Crippen molar-refractivity contribution in [3.05, 3.63) is 59.3 Å². The highest BCUT2D eigenvalue weighted by molar-refractivity contribution is 5.98. The molecule has 0 spiro atoms. The van der Waals surface area contributed by atoms with E-state index in [1.165, 1.54) is 0 Å². The number of pyridine rings is 1. The molecule has 146 valence electrons. The average Bonchev–Trinajstić information content (AvgIpc) is 2.66. The van der Waals surface area contributed by atoms with E-state index >= 15 is 0 Å². The van der Waals surface area contributed by atoms with Crippen molar-refractivity contribution in [3.63, 3.8) is 0 Å². The zero-order chi connectivity index (χ0) is 19.5. The molecule has 2 N–H and O–H groups in total. The summed E-state index contributed by atoms with van der Waals surface area (Å²) in [5, 5.41) is 6.16. The van der Waals surface area contributed by atoms with Crippen LogP contribution in [0.3, 0.4) is 0 Å². The number of benzene rings is 1. The molecular formula is C21H29N3O3. The minimum atomic E-state index is -0.149. The average molecular weight is 371 g/mol. The molecule has 0 fully saturated rings. The van der Waals surface area contributed by atoms with Crippen molar-refractivity contribution in [3.8, 4) is 0 Å². The Balaban J connectivity index is 1.89. The lowest BCUT2D eigenvalue weighted by Gasteiger charge is -2.13. The van der Waals surface area contributed by atoms with E-state index < -0.39 is 0 Å². The summed E-state index contributed by atoms with van der Waals surface area (Å²) in [6.07, 6.45) is 1.68. The molecule has 0 radical (unpaired) electrons. The van der Waals surface area contributed by atoms with Crippen molar-refractivity contribution in [1.82, 2.24) is 10.3 Å². The minimum Gasteiger partial charge on any atom is -0.379 e. The Bertz CT molecular complexity index is 719. The number of aromatic nitrogens is 1. The summed E-state index contributed by atoms with van der Waals surface area (Å²) < 4.78 is 10.8. The highest BCUT2D eigenvalue weighted by atomic mass is 16.5. The number of hydrogen-bond acceptors (Lipinski definition) is 5. The monoisotopic (exact) mass is 371 g/mol. The van der Waals surface area contributed by atoms with Crippen molar-refractivity contribution in [2.24, 2.45) is 0 Å². The molecule has 2 rings (SSSR count). The summed E-state index contributed by atoms with van der Waals surface area (Å²) in [4.78, 5) is 16.8. The number of rotatable bonds is 11. The molecule has 0 saturated carbocycles. The summed E-state index contributed by atoms with van der Waals surface area (Å²) in [6.45, 7) is 8.83. The first-order chi connectivity index (χ1) is 13.1. The molecule has 0 aliphatic rings. The molecule has 0 bridgehead atoms. The number of carbonyl (C=O) groups excluding carboxylic acids is 1. The van der Waals surface area contributed by atoms with Gasteiger partial charge in [0.05, 0.1) is 25.4 Å². The van der Waals surface area contributed by atoms with Gasteiger partial charge in [0.25, 0.3) is 5.91 Å². The second-order valence-electron chi connectivity index (χ2n) is 6.45. The highest BCUT2D eigenvalue weighted by Crippen LogP contribution is 2.13. The fraction of sp³-hybridized carbons (Fsp3) is 0.429. The van der Waals surface area contributed by atoms with Crippen LogP contribution < -0.4 is 10.6 Å². The fourth-order valence-corrected chi connectivity index (χ4v) is 2.54. The molecule has 0 atom stereocenters. The van der Waals surface area contributed by atoms with E-state index in [0.29, 0.717) is 44.4 Å². The summed E-state index contributed by atoms with van der Waals surface area (Å²) >= 11 is 0. The van der Waals surface area contributed by atoms with Crippen LogP contribution in [0.15, 0.2) is 42.6 Å². The van der Waals surface area contributed by atoms with Crippen LogP contribution >= 0.6 is 0 Å². The van der Waals surface area contributed by atoms with Gasteiger partial charge in [-0.2, -0.15) is 0 Å². The fourth-order valence-electron chi connectivity index (χ4n) is 2.54. The van der Waals surface area contributed by atoms with Gasteiger partial charge in [-0.25, -0.2) is 4.98 Å². The van der Waals surface area contributed by atoms with Gasteiger partial charge in [-0.3, -0.25) is 4.79 Å². The lowest BCUT2D eigenvalue weighted by Crippen LogP contribution is -2.25. The summed E-state index contributed by atoms with van der Waals surface area (Å²) in [6, 6.07) is 11.7. The maximum atomic E-state index is 12.5. The zero-order valence-electron chi connectivity index (χ0n) is 16.3. The topological polar surface area (TPSA) is 72.5 Å². The molecule has 0 aliphatic carbocycles. The molecule has 1 aromatic heterocycles. The second-order valence-corrected chi connectivity index (χ2v) is 6.45. The van der Waals surface area contributed by atoms with Gasteiger partial charge in [0.1, 0.15) is 5.82 Å². The quantitative estimate of drug-likeness (QED) is 0.593. The maximum absolute atomic E-state index is 12.5. The Morgan fingerprint density at radius 1 is 1.11 bits per heavy atom. The Morgan fingerprint density at radius 2 is 1.89 bits per heavy atom. The lowest BCUT2D eigenvalue weighted by atomic mass is 10.1. The van der Waals surface area contributed by atoms with E-state index in [-0.39, 0.29) is 11.9 Å². The molecule has 2 aromatic rings. The Morgan fingerprint density at radius 3 is 2.67 bits per heavy atom. The van der Waals surface area contributed by atoms with E-state index in [1.807, 2.05) is 45.0 Å². The predicted octanol–water partition coefficient (Wildman–Crippen LogP) is 3.39. The molecule has 1 amide bonds. The SMILES string of the molecule is CCOCCOCc1cccc(CNC(=O)c2cccnc2NC(C)C)c1. The van der Waals surface area contributed by atoms with Gasteiger partial charge in [0.2, 0.25) is 0 Å². The van der Waals surface area contributed by atoms with Crippen LogP contribution in [-0.2, 0) is 22.6 Å². The first-order valence-electron chi connectivity index (χ1n) is 9.33. The maximum Gasteiger partial charge on any atom is 0.255 e. The largest absolute Gasteiger partial charge is 0.379 e. The number of nitrogens with zero attached hydrogens (tertiary/aromatic N) is 1. The van der Waals surface area contributed by atoms with Gasteiger partial charge in [0, 0.05) is 25.4 Å². The van der Waals surface area contributed by atoms with Crippen LogP contribution in [0.1, 0.15) is 42.3 Å². The summed E-state index contributed by atoms with van der Waals surface area (Å²) in [5.41, 5.74) is 2.64. The van der Waals surface area contributed by atoms with E-state index in [1.54, 1.807) is 18.3 Å². The van der Waals surface area contributed by atoms with Gasteiger partial charge in [-0.05, 0) is 44.0 Å². The first kappa shape index (κ1) is 20.9. The van der Waals surface area contributed by atoms with E-state index in [2.05, 4.69) is 15.6 Å². The van der Waals surface area contributed by atoms with Crippen molar-refractivity contribution < 1.29 is 14.3 Å². The normalized spacial score (nSPS) is 10.8. The Labute approximate surface area is 161 Å². The van der Waals surface area contributed by atoms with Crippen LogP contribution in [0.25, 0.3) is 0 Å². The number of anilines is 1. The molecule has 6 nitrogen and oxygen atoms in total. The number of nitrogens with one attached hydrogen (secondary N) is 2. The van der Waals surface area contributed by atoms with Crippen LogP contribution in [0.4, 0.5) is 5.82 Å². The Hall–Kier alpha value is -2.44. The van der Waals surface area contributed by atoms with Gasteiger partial charge >= 0.3 is 0 Å². The molecule has 0 saturated heterocycles. The standard InChI is InChI=1S/C21H29N3O3/c1-4-26-11-12-27-15-18-8-5-7-17(13-18)14-23-21(25)19-9-6-10-22-20(19)24-16(2)3/h5-10,13,16H,4,11-12,14-15H2,1-3H3,(H,22,24)(H,23,25). The van der Waals surface area contributed by atoms with Crippen LogP contribution in [0.2, 0.25) is 0 Å². The lowest BCUT2D eigenvalue weighted by molar-refractivity contribution is 0.0453. The van der Waals surface area contributed by atoms with Crippen LogP contribution in [0.5, 0.6) is 0 Å². The number of ether oxygens (including phenoxy) is 2. The number of hydrogen-bond donors (Lipinski definition) is 2. The molecular weight excluding hydrogens is 342 g/mol. The molecule has 1 aromatic carbocycles. The third kappa shape index (κ3) is 7.37. The highest BCUT2D eigenvalue weighted by Gasteiger charge is 2.12. The third-order valence-electron chi connectivity index (χ3n) is 3.77. The van der Waals surface area contributed by atoms with Crippen molar-refractivity contribution in [1.29, 1.82) is 0 Å². The van der Waals surface area contributed by atoms with Gasteiger partial charge in [-0.15, -0.1) is 0 Å². The predicted molar refractivity (Wildman–Crippen MR) is 107 cm³/mol. The van der Waals surface area contributed by atoms with E-state index in [9.17, 15) is 4.79 Å². The van der Waals surface area contributed by atoms with E-state index in [4.69, 9.17) is 9.47 Å². The van der Waals surface area contributed by atoms with Crippen LogP contribution in [-0.4, -0.2) is 36.8 Å². The molecule has 0 aliphatic heterocycles. The molecule has 1 heterocycles. The smallest absolute Gasteiger partial charge is 0.255 e. The summed E-state index contributed by atoms with van der Waals surface area (Å²) in [5.74, 6) is 0.450. The number of carbonyl (C=O) groups is 1. The first-order valence-corrected chi connectivity index (χ1v) is 9.33. The molecule has 0 unspecified atom stereocenters. The number of amides is 1. The third-order valence-corrected chi connectivity index (χ3v) is 3.77. The van der Waals surface area contributed by atoms with Crippen molar-refractivity contribution >= 4 is 11.7 Å². The van der Waals surface area contributed by atoms with Crippen LogP contribution in [0, 0.1) is 0 Å². The Kier molecular flexibility index (Phi) is 8.74. The summed E-state index contributed by atoms with van der Waals surface area (Å²) in [7, 11) is 0. The van der Waals surface area contributed by atoms with Gasteiger partial charge in [-0.1, -0.05) is 24.3 Å². The van der Waals surface area contributed by atoms with E-state index in [0.717, 1.165) is 11.1 Å². The van der Waals surface area contributed by atoms with Gasteiger partial charge in [0.15, 0.2) is 0 Å². The zero-order valence-corrected chi connectivity index (χ0v) is 16.3. The van der Waals surface area contributed by atoms with Gasteiger partial charge < -0.3 is 20.1 Å². The van der Waals surface area contributed by atoms with Crippen molar-refractivity contribution in [2.75, 3.05) is 25.1 Å². The second kappa shape index (κ2) is 11.3. The van der Waals surface area contributed by atoms with Crippen molar-refractivity contribution in [2.45, 2.75) is 40.0 Å². The molecule has 6 heteroatoms.